The second kappa shape index (κ2) is 4.04. The van der Waals surface area contributed by atoms with Crippen LogP contribution in [-0.2, 0) is 0 Å². The number of benzene rings is 1. The summed E-state index contributed by atoms with van der Waals surface area (Å²) in [6, 6.07) is 5.78. The van der Waals surface area contributed by atoms with Crippen LogP contribution in [0.1, 0.15) is 0 Å². The molecule has 0 aliphatic carbocycles. The number of rotatable bonds is 2. The lowest BCUT2D eigenvalue weighted by atomic mass is 10.3. The van der Waals surface area contributed by atoms with Crippen molar-refractivity contribution in [1.82, 2.24) is 9.97 Å². The molecule has 3 aromatic rings. The Balaban J connectivity index is 1.99. The molecular weight excluding hydrogens is 258 g/mol. The van der Waals surface area contributed by atoms with Gasteiger partial charge in [-0.05, 0) is 30.0 Å². The molecule has 6 heteroatoms. The summed E-state index contributed by atoms with van der Waals surface area (Å²) in [5.74, 6) is 0. The summed E-state index contributed by atoms with van der Waals surface area (Å²) in [6.07, 6.45) is 1.80. The normalized spacial score (nSPS) is 11.0. The van der Waals surface area contributed by atoms with Crippen LogP contribution in [-0.4, -0.2) is 9.97 Å². The minimum Gasteiger partial charge on any atom is -0.399 e. The van der Waals surface area contributed by atoms with E-state index < -0.39 is 0 Å². The van der Waals surface area contributed by atoms with Crippen LogP contribution in [0.15, 0.2) is 38.5 Å². The molecule has 80 valence electrons. The fourth-order valence-electron chi connectivity index (χ4n) is 1.30. The van der Waals surface area contributed by atoms with E-state index in [9.17, 15) is 0 Å². The first-order valence-electron chi connectivity index (χ1n) is 4.55. The van der Waals surface area contributed by atoms with E-state index in [4.69, 9.17) is 5.73 Å². The van der Waals surface area contributed by atoms with E-state index in [1.54, 1.807) is 40.6 Å². The Morgan fingerprint density at radius 3 is 3.00 bits per heavy atom. The van der Waals surface area contributed by atoms with Crippen molar-refractivity contribution in [2.24, 2.45) is 0 Å². The zero-order chi connectivity index (χ0) is 11.0. The average molecular weight is 265 g/mol. The van der Waals surface area contributed by atoms with Crippen molar-refractivity contribution in [3.8, 4) is 0 Å². The van der Waals surface area contributed by atoms with Gasteiger partial charge in [0, 0.05) is 17.3 Å². The number of fused-ring (bicyclic) bond motifs is 1. The van der Waals surface area contributed by atoms with Gasteiger partial charge in [0.15, 0.2) is 8.68 Å². The minimum absolute atomic E-state index is 0.780. The van der Waals surface area contributed by atoms with Gasteiger partial charge >= 0.3 is 0 Å². The fraction of sp³-hybridized carbons (Fsp3) is 0. The lowest BCUT2D eigenvalue weighted by Gasteiger charge is -1.88. The van der Waals surface area contributed by atoms with Gasteiger partial charge in [0.1, 0.15) is 0 Å². The quantitative estimate of drug-likeness (QED) is 0.721. The molecule has 0 unspecified atom stereocenters. The molecule has 0 atom stereocenters. The fourth-order valence-corrected chi connectivity index (χ4v) is 4.24. The number of hydrogen-bond donors (Lipinski definition) is 1. The maximum Gasteiger partial charge on any atom is 0.158 e. The van der Waals surface area contributed by atoms with Gasteiger partial charge in [-0.1, -0.05) is 0 Å². The van der Waals surface area contributed by atoms with Crippen LogP contribution in [0.25, 0.3) is 10.2 Å². The van der Waals surface area contributed by atoms with E-state index in [2.05, 4.69) is 9.97 Å². The van der Waals surface area contributed by atoms with Crippen molar-refractivity contribution in [2.45, 2.75) is 8.68 Å². The summed E-state index contributed by atoms with van der Waals surface area (Å²) in [5, 5.41) is 1.97. The molecule has 16 heavy (non-hydrogen) atoms. The van der Waals surface area contributed by atoms with Gasteiger partial charge in [-0.15, -0.1) is 22.7 Å². The predicted octanol–water partition coefficient (Wildman–Crippen LogP) is 3.49. The van der Waals surface area contributed by atoms with Gasteiger partial charge in [-0.3, -0.25) is 0 Å². The molecule has 2 heterocycles. The first-order chi connectivity index (χ1) is 7.81. The highest BCUT2D eigenvalue weighted by Gasteiger charge is 2.07. The highest BCUT2D eigenvalue weighted by Crippen LogP contribution is 2.35. The number of thiazole rings is 2. The SMILES string of the molecule is Nc1ccc2nc(Sc3nccs3)sc2c1. The number of anilines is 1. The van der Waals surface area contributed by atoms with Crippen molar-refractivity contribution in [3.63, 3.8) is 0 Å². The summed E-state index contributed by atoms with van der Waals surface area (Å²) in [5.41, 5.74) is 7.51. The molecule has 0 aliphatic heterocycles. The third kappa shape index (κ3) is 1.91. The van der Waals surface area contributed by atoms with Gasteiger partial charge in [0.2, 0.25) is 0 Å². The maximum absolute atomic E-state index is 5.73. The summed E-state index contributed by atoms with van der Waals surface area (Å²) in [4.78, 5) is 8.74. The number of nitrogens with zero attached hydrogens (tertiary/aromatic N) is 2. The van der Waals surface area contributed by atoms with Crippen molar-refractivity contribution in [1.29, 1.82) is 0 Å². The van der Waals surface area contributed by atoms with E-state index in [-0.39, 0.29) is 0 Å². The number of nitrogens with two attached hydrogens (primary N) is 1. The Bertz CT molecular complexity index is 615. The topological polar surface area (TPSA) is 51.8 Å². The first-order valence-corrected chi connectivity index (χ1v) is 7.06. The molecule has 0 saturated carbocycles. The monoisotopic (exact) mass is 265 g/mol. The number of nitrogen functional groups attached to an aromatic ring is 1. The zero-order valence-electron chi connectivity index (χ0n) is 8.08. The second-order valence-corrected chi connectivity index (χ2v) is 6.53. The largest absolute Gasteiger partial charge is 0.399 e. The molecule has 0 fully saturated rings. The van der Waals surface area contributed by atoms with Crippen molar-refractivity contribution >= 4 is 50.3 Å². The van der Waals surface area contributed by atoms with Gasteiger partial charge in [-0.25, -0.2) is 9.97 Å². The third-order valence-electron chi connectivity index (χ3n) is 1.98. The Hall–Kier alpha value is -1.11. The van der Waals surface area contributed by atoms with E-state index in [1.165, 1.54) is 0 Å². The van der Waals surface area contributed by atoms with E-state index in [1.807, 2.05) is 23.6 Å². The van der Waals surface area contributed by atoms with Gasteiger partial charge in [0.05, 0.1) is 10.2 Å². The molecule has 0 bridgehead atoms. The van der Waals surface area contributed by atoms with Crippen LogP contribution in [0.3, 0.4) is 0 Å². The predicted molar refractivity (Wildman–Crippen MR) is 70.3 cm³/mol. The van der Waals surface area contributed by atoms with Gasteiger partial charge in [-0.2, -0.15) is 0 Å². The van der Waals surface area contributed by atoms with Crippen LogP contribution < -0.4 is 5.73 Å². The molecular formula is C10H7N3S3. The lowest BCUT2D eigenvalue weighted by Crippen LogP contribution is -1.81. The van der Waals surface area contributed by atoms with Crippen LogP contribution in [0, 0.1) is 0 Å². The second-order valence-electron chi connectivity index (χ2n) is 3.11. The standard InChI is InChI=1S/C10H7N3S3/c11-6-1-2-7-8(5-6)15-10(13-7)16-9-12-3-4-14-9/h1-5H,11H2. The van der Waals surface area contributed by atoms with Crippen LogP contribution >= 0.6 is 34.4 Å². The zero-order valence-corrected chi connectivity index (χ0v) is 10.5. The smallest absolute Gasteiger partial charge is 0.158 e. The molecule has 3 nitrogen and oxygen atoms in total. The van der Waals surface area contributed by atoms with Crippen LogP contribution in [0.5, 0.6) is 0 Å². The third-order valence-corrected chi connectivity index (χ3v) is 4.94. The summed E-state index contributed by atoms with van der Waals surface area (Å²) in [6.45, 7) is 0. The first kappa shape index (κ1) is 10.1. The van der Waals surface area contributed by atoms with Crippen molar-refractivity contribution in [3.05, 3.63) is 29.8 Å². The van der Waals surface area contributed by atoms with Crippen LogP contribution in [0.4, 0.5) is 5.69 Å². The van der Waals surface area contributed by atoms with E-state index in [0.29, 0.717) is 0 Å². The maximum atomic E-state index is 5.73. The molecule has 0 spiro atoms. The highest BCUT2D eigenvalue weighted by molar-refractivity contribution is 8.02. The number of hydrogen-bond acceptors (Lipinski definition) is 6. The molecule has 1 aromatic carbocycles. The molecule has 0 radical (unpaired) electrons. The van der Waals surface area contributed by atoms with Gasteiger partial charge in [0.25, 0.3) is 0 Å². The van der Waals surface area contributed by atoms with Crippen LogP contribution in [0.2, 0.25) is 0 Å². The Morgan fingerprint density at radius 2 is 2.19 bits per heavy atom. The Morgan fingerprint density at radius 1 is 1.25 bits per heavy atom. The Labute approximate surface area is 104 Å². The molecule has 2 aromatic heterocycles. The summed E-state index contributed by atoms with van der Waals surface area (Å²) < 4.78 is 3.15. The average Bonchev–Trinajstić information content (AvgIpc) is 2.86. The molecule has 0 amide bonds. The van der Waals surface area contributed by atoms with E-state index >= 15 is 0 Å². The molecule has 0 saturated heterocycles. The number of aromatic nitrogens is 2. The van der Waals surface area contributed by atoms with E-state index in [0.717, 1.165) is 24.6 Å². The van der Waals surface area contributed by atoms with Crippen molar-refractivity contribution < 1.29 is 0 Å². The molecule has 3 rings (SSSR count). The minimum atomic E-state index is 0.780. The highest BCUT2D eigenvalue weighted by atomic mass is 32.2. The van der Waals surface area contributed by atoms with Crippen molar-refractivity contribution in [2.75, 3.05) is 5.73 Å². The molecule has 2 N–H and O–H groups in total. The lowest BCUT2D eigenvalue weighted by molar-refractivity contribution is 1.23. The molecule has 0 aliphatic rings. The Kier molecular flexibility index (Phi) is 2.55. The van der Waals surface area contributed by atoms with Gasteiger partial charge < -0.3 is 5.73 Å². The summed E-state index contributed by atoms with van der Waals surface area (Å²) in [7, 11) is 0. The summed E-state index contributed by atoms with van der Waals surface area (Å²) >= 11 is 4.87.